The lowest BCUT2D eigenvalue weighted by atomic mass is 9.72. The molecule has 0 heterocycles. The highest BCUT2D eigenvalue weighted by atomic mass is 16.3. The second kappa shape index (κ2) is 2.12. The molecule has 2 N–H and O–H groups in total. The Hall–Kier alpha value is -0.340. The van der Waals surface area contributed by atoms with Crippen LogP contribution < -0.4 is 0 Å². The Bertz CT molecular complexity index is 232. The normalized spacial score (nSPS) is 50.2. The molecule has 2 aliphatic rings. The Morgan fingerprint density at radius 3 is 2.33 bits per heavy atom. The van der Waals surface area contributed by atoms with E-state index in [-0.39, 0.29) is 29.5 Å². The molecule has 2 nitrogen and oxygen atoms in total. The van der Waals surface area contributed by atoms with Crippen molar-refractivity contribution in [3.05, 3.63) is 12.2 Å². The van der Waals surface area contributed by atoms with Crippen molar-refractivity contribution in [2.45, 2.75) is 32.5 Å². The summed E-state index contributed by atoms with van der Waals surface area (Å²) in [5, 5.41) is 19.4. The second-order valence-corrected chi connectivity index (χ2v) is 4.67. The molecule has 0 aromatic rings. The predicted octanol–water partition coefficient (Wildman–Crippen LogP) is 0.940. The number of rotatable bonds is 0. The molecule has 12 heavy (non-hydrogen) atoms. The Morgan fingerprint density at radius 1 is 1.42 bits per heavy atom. The molecular weight excluding hydrogens is 152 g/mol. The summed E-state index contributed by atoms with van der Waals surface area (Å²) in [5.41, 5.74) is 1.04. The van der Waals surface area contributed by atoms with E-state index in [2.05, 4.69) is 20.4 Å². The molecular formula is C10H16O2. The lowest BCUT2D eigenvalue weighted by Crippen LogP contribution is -2.29. The third kappa shape index (κ3) is 0.723. The maximum atomic E-state index is 9.78. The van der Waals surface area contributed by atoms with Gasteiger partial charge in [0.1, 0.15) is 0 Å². The van der Waals surface area contributed by atoms with Crippen LogP contribution in [0.25, 0.3) is 0 Å². The van der Waals surface area contributed by atoms with Crippen LogP contribution in [0.15, 0.2) is 12.2 Å². The minimum absolute atomic E-state index is 0.0172. The SMILES string of the molecule is C=C1[C@@H]2[C@H](O)[C@@H](C[C@H]2O)C1(C)C. The van der Waals surface area contributed by atoms with E-state index in [1.807, 2.05) is 0 Å². The van der Waals surface area contributed by atoms with Gasteiger partial charge >= 0.3 is 0 Å². The summed E-state index contributed by atoms with van der Waals surface area (Å²) in [6.45, 7) is 8.18. The van der Waals surface area contributed by atoms with E-state index in [9.17, 15) is 10.2 Å². The number of aliphatic hydroxyl groups excluding tert-OH is 2. The Kier molecular flexibility index (Phi) is 1.46. The predicted molar refractivity (Wildman–Crippen MR) is 46.5 cm³/mol. The van der Waals surface area contributed by atoms with E-state index < -0.39 is 0 Å². The number of aliphatic hydroxyl groups is 2. The lowest BCUT2D eigenvalue weighted by molar-refractivity contribution is 0.0912. The van der Waals surface area contributed by atoms with Crippen molar-refractivity contribution in [1.82, 2.24) is 0 Å². The van der Waals surface area contributed by atoms with E-state index in [0.29, 0.717) is 0 Å². The van der Waals surface area contributed by atoms with Crippen molar-refractivity contribution in [2.24, 2.45) is 17.3 Å². The second-order valence-electron chi connectivity index (χ2n) is 4.67. The Labute approximate surface area is 72.9 Å². The Balaban J connectivity index is 2.39. The van der Waals surface area contributed by atoms with Crippen molar-refractivity contribution in [3.8, 4) is 0 Å². The average Bonchev–Trinajstić information content (AvgIpc) is 2.31. The lowest BCUT2D eigenvalue weighted by Gasteiger charge is -2.33. The first-order valence-corrected chi connectivity index (χ1v) is 4.51. The summed E-state index contributed by atoms with van der Waals surface area (Å²) in [6.07, 6.45) is 0.0192. The van der Waals surface area contributed by atoms with Crippen LogP contribution >= 0.6 is 0 Å². The average molecular weight is 168 g/mol. The molecule has 68 valence electrons. The third-order valence-corrected chi connectivity index (χ3v) is 3.85. The van der Waals surface area contributed by atoms with Gasteiger partial charge < -0.3 is 10.2 Å². The molecule has 0 aliphatic heterocycles. The molecule has 2 bridgehead atoms. The zero-order valence-corrected chi connectivity index (χ0v) is 7.62. The van der Waals surface area contributed by atoms with Crippen molar-refractivity contribution in [2.75, 3.05) is 0 Å². The third-order valence-electron chi connectivity index (χ3n) is 3.85. The van der Waals surface area contributed by atoms with Crippen LogP contribution in [0.1, 0.15) is 20.3 Å². The molecule has 0 amide bonds. The van der Waals surface area contributed by atoms with Gasteiger partial charge in [0.05, 0.1) is 12.2 Å². The molecule has 2 fully saturated rings. The highest BCUT2D eigenvalue weighted by Crippen LogP contribution is 2.58. The van der Waals surface area contributed by atoms with Crippen LogP contribution in [0, 0.1) is 17.3 Å². The zero-order chi connectivity index (χ0) is 9.09. The molecule has 0 saturated heterocycles. The quantitative estimate of drug-likeness (QED) is 0.528. The largest absolute Gasteiger partial charge is 0.392 e. The fraction of sp³-hybridized carbons (Fsp3) is 0.800. The van der Waals surface area contributed by atoms with Crippen LogP contribution in [-0.4, -0.2) is 22.4 Å². The van der Waals surface area contributed by atoms with E-state index in [1.54, 1.807) is 0 Å². The van der Waals surface area contributed by atoms with Crippen molar-refractivity contribution in [3.63, 3.8) is 0 Å². The molecule has 2 heteroatoms. The number of hydrogen-bond donors (Lipinski definition) is 2. The zero-order valence-electron chi connectivity index (χ0n) is 7.62. The maximum absolute atomic E-state index is 9.78. The van der Waals surface area contributed by atoms with Gasteiger partial charge in [-0.2, -0.15) is 0 Å². The van der Waals surface area contributed by atoms with Crippen LogP contribution in [0.4, 0.5) is 0 Å². The summed E-state index contributed by atoms with van der Waals surface area (Å²) in [6, 6.07) is 0. The first-order valence-electron chi connectivity index (χ1n) is 4.51. The monoisotopic (exact) mass is 168 g/mol. The van der Waals surface area contributed by atoms with Crippen LogP contribution in [0.2, 0.25) is 0 Å². The van der Waals surface area contributed by atoms with E-state index in [0.717, 1.165) is 12.0 Å². The Morgan fingerprint density at radius 2 is 2.00 bits per heavy atom. The molecule has 0 aromatic carbocycles. The molecule has 4 atom stereocenters. The first kappa shape index (κ1) is 8.27. The van der Waals surface area contributed by atoms with Crippen LogP contribution in [0.3, 0.4) is 0 Å². The number of hydrogen-bond acceptors (Lipinski definition) is 2. The van der Waals surface area contributed by atoms with Gasteiger partial charge in [-0.3, -0.25) is 0 Å². The molecule has 0 spiro atoms. The first-order chi connectivity index (χ1) is 5.46. The minimum atomic E-state index is -0.359. The van der Waals surface area contributed by atoms with Gasteiger partial charge in [0.2, 0.25) is 0 Å². The summed E-state index contributed by atoms with van der Waals surface area (Å²) in [7, 11) is 0. The summed E-state index contributed by atoms with van der Waals surface area (Å²) < 4.78 is 0. The topological polar surface area (TPSA) is 40.5 Å². The summed E-state index contributed by atoms with van der Waals surface area (Å²) in [5.74, 6) is 0.148. The molecule has 2 aliphatic carbocycles. The van der Waals surface area contributed by atoms with Gasteiger partial charge in [-0.25, -0.2) is 0 Å². The maximum Gasteiger partial charge on any atom is 0.0667 e. The highest BCUT2D eigenvalue weighted by Gasteiger charge is 2.58. The number of fused-ring (bicyclic) bond motifs is 2. The van der Waals surface area contributed by atoms with Gasteiger partial charge in [-0.15, -0.1) is 0 Å². The van der Waals surface area contributed by atoms with Gasteiger partial charge in [-0.05, 0) is 17.8 Å². The fourth-order valence-electron chi connectivity index (χ4n) is 2.85. The van der Waals surface area contributed by atoms with Gasteiger partial charge in [0.15, 0.2) is 0 Å². The fourth-order valence-corrected chi connectivity index (χ4v) is 2.85. The molecule has 0 unspecified atom stereocenters. The standard InChI is InChI=1S/C10H16O2/c1-5-8-7(11)4-6(9(8)12)10(5,2)3/h6-9,11-12H,1,4H2,2-3H3/t6-,7-,8+,9-/m1/s1. The van der Waals surface area contributed by atoms with E-state index in [4.69, 9.17) is 0 Å². The summed E-state index contributed by atoms with van der Waals surface area (Å²) >= 11 is 0. The molecule has 2 rings (SSSR count). The van der Waals surface area contributed by atoms with Crippen LogP contribution in [-0.2, 0) is 0 Å². The molecule has 0 radical (unpaired) electrons. The van der Waals surface area contributed by atoms with E-state index in [1.165, 1.54) is 0 Å². The van der Waals surface area contributed by atoms with E-state index >= 15 is 0 Å². The summed E-state index contributed by atoms with van der Waals surface area (Å²) in [4.78, 5) is 0. The van der Waals surface area contributed by atoms with Crippen molar-refractivity contribution in [1.29, 1.82) is 0 Å². The minimum Gasteiger partial charge on any atom is -0.392 e. The van der Waals surface area contributed by atoms with Crippen molar-refractivity contribution < 1.29 is 10.2 Å². The van der Waals surface area contributed by atoms with Gasteiger partial charge in [0.25, 0.3) is 0 Å². The van der Waals surface area contributed by atoms with Gasteiger partial charge in [-0.1, -0.05) is 26.0 Å². The highest BCUT2D eigenvalue weighted by molar-refractivity contribution is 5.28. The van der Waals surface area contributed by atoms with Crippen LogP contribution in [0.5, 0.6) is 0 Å². The molecule has 2 saturated carbocycles. The van der Waals surface area contributed by atoms with Crippen molar-refractivity contribution >= 4 is 0 Å². The molecule has 0 aromatic heterocycles. The smallest absolute Gasteiger partial charge is 0.0667 e. The van der Waals surface area contributed by atoms with Gasteiger partial charge in [0, 0.05) is 5.92 Å².